The maximum atomic E-state index is 14.9. The van der Waals surface area contributed by atoms with Gasteiger partial charge >= 0.3 is 0 Å². The molecule has 11 nitrogen and oxygen atoms in total. The maximum absolute atomic E-state index is 14.9. The summed E-state index contributed by atoms with van der Waals surface area (Å²) >= 11 is 6.35. The summed E-state index contributed by atoms with van der Waals surface area (Å²) in [5.74, 6) is -0.0294. The van der Waals surface area contributed by atoms with Crippen molar-refractivity contribution in [2.24, 2.45) is 0 Å². The van der Waals surface area contributed by atoms with Crippen LogP contribution in [0, 0.1) is 0 Å². The van der Waals surface area contributed by atoms with Gasteiger partial charge in [0.15, 0.2) is 11.5 Å². The van der Waals surface area contributed by atoms with E-state index < -0.39 is 28.5 Å². The molecule has 2 atom stereocenters. The first-order valence-corrected chi connectivity index (χ1v) is 18.1. The SMILES string of the molecule is CC[C@H](C)NC(=O)[C@H](Cc1ccccc1)N(Cc1cccc(Cl)c1)C(=O)CN(c1cc(OC)ccc1OC)S(=O)(=O)c1ccc(OC)c(OC)c1. The lowest BCUT2D eigenvalue weighted by Gasteiger charge is -2.34. The van der Waals surface area contributed by atoms with Crippen LogP contribution in [0.25, 0.3) is 0 Å². The summed E-state index contributed by atoms with van der Waals surface area (Å²) in [7, 11) is 1.17. The summed E-state index contributed by atoms with van der Waals surface area (Å²) in [6.07, 6.45) is 0.833. The van der Waals surface area contributed by atoms with E-state index in [0.29, 0.717) is 28.5 Å². The standard InChI is InChI=1S/C38H44ClN3O8S/c1-7-26(2)40-38(44)33(21-27-12-9-8-10-13-27)41(24-28-14-11-15-29(39)20-28)37(43)25-42(32-22-30(47-3)16-18-34(32)48-4)51(45,46)31-17-19-35(49-5)36(23-31)50-6/h8-20,22-23,26,33H,7,21,24-25H2,1-6H3,(H,40,44)/t26-,33-/m0/s1. The molecule has 0 spiro atoms. The molecular weight excluding hydrogens is 694 g/mol. The molecule has 0 aromatic heterocycles. The van der Waals surface area contributed by atoms with Gasteiger partial charge in [-0.15, -0.1) is 0 Å². The van der Waals surface area contributed by atoms with Gasteiger partial charge in [0.05, 0.1) is 39.0 Å². The predicted molar refractivity (Wildman–Crippen MR) is 197 cm³/mol. The highest BCUT2D eigenvalue weighted by Gasteiger charge is 2.36. The number of halogens is 1. The van der Waals surface area contributed by atoms with Crippen LogP contribution in [-0.4, -0.2) is 72.2 Å². The number of benzene rings is 4. The van der Waals surface area contributed by atoms with Crippen molar-refractivity contribution in [2.45, 2.75) is 50.2 Å². The molecule has 0 saturated carbocycles. The number of carbonyl (C=O) groups is 2. The molecule has 0 radical (unpaired) electrons. The fourth-order valence-corrected chi connectivity index (χ4v) is 7.08. The van der Waals surface area contributed by atoms with E-state index in [1.165, 1.54) is 57.6 Å². The lowest BCUT2D eigenvalue weighted by atomic mass is 10.0. The van der Waals surface area contributed by atoms with Crippen LogP contribution in [0.15, 0.2) is 95.9 Å². The summed E-state index contributed by atoms with van der Waals surface area (Å²) in [6, 6.07) is 23.9. The van der Waals surface area contributed by atoms with E-state index in [1.807, 2.05) is 44.2 Å². The minimum atomic E-state index is -4.51. The average Bonchev–Trinajstić information content (AvgIpc) is 3.14. The summed E-state index contributed by atoms with van der Waals surface area (Å²) < 4.78 is 52.1. The lowest BCUT2D eigenvalue weighted by molar-refractivity contribution is -0.140. The Kier molecular flexibility index (Phi) is 13.6. The Hall–Kier alpha value is -4.94. The van der Waals surface area contributed by atoms with Crippen LogP contribution in [0.5, 0.6) is 23.0 Å². The van der Waals surface area contributed by atoms with E-state index in [4.69, 9.17) is 30.5 Å². The quantitative estimate of drug-likeness (QED) is 0.138. The van der Waals surface area contributed by atoms with Crippen molar-refractivity contribution in [1.29, 1.82) is 0 Å². The zero-order chi connectivity index (χ0) is 37.1. The molecule has 0 heterocycles. The van der Waals surface area contributed by atoms with Gasteiger partial charge in [-0.25, -0.2) is 8.42 Å². The van der Waals surface area contributed by atoms with E-state index in [0.717, 1.165) is 9.87 Å². The molecule has 0 saturated heterocycles. The summed E-state index contributed by atoms with van der Waals surface area (Å²) in [5, 5.41) is 3.47. The van der Waals surface area contributed by atoms with Crippen LogP contribution in [0.2, 0.25) is 5.02 Å². The van der Waals surface area contributed by atoms with E-state index in [1.54, 1.807) is 36.4 Å². The minimum Gasteiger partial charge on any atom is -0.497 e. The molecule has 0 aliphatic heterocycles. The number of amides is 2. The monoisotopic (exact) mass is 737 g/mol. The number of nitrogens with zero attached hydrogens (tertiary/aromatic N) is 2. The van der Waals surface area contributed by atoms with E-state index in [-0.39, 0.29) is 47.0 Å². The fraction of sp³-hybridized carbons (Fsp3) is 0.316. The number of ether oxygens (including phenoxy) is 4. The Morgan fingerprint density at radius 2 is 1.45 bits per heavy atom. The van der Waals surface area contributed by atoms with Gasteiger partial charge in [0.2, 0.25) is 11.8 Å². The molecular formula is C38H44ClN3O8S. The number of carbonyl (C=O) groups excluding carboxylic acids is 2. The van der Waals surface area contributed by atoms with Gasteiger partial charge in [0.1, 0.15) is 24.1 Å². The molecule has 4 aromatic rings. The molecule has 0 aliphatic rings. The van der Waals surface area contributed by atoms with Crippen molar-refractivity contribution in [1.82, 2.24) is 10.2 Å². The van der Waals surface area contributed by atoms with Crippen LogP contribution < -0.4 is 28.6 Å². The largest absolute Gasteiger partial charge is 0.497 e. The van der Waals surface area contributed by atoms with E-state index >= 15 is 0 Å². The average molecular weight is 738 g/mol. The number of hydrogen-bond acceptors (Lipinski definition) is 8. The number of hydrogen-bond donors (Lipinski definition) is 1. The summed E-state index contributed by atoms with van der Waals surface area (Å²) in [6.45, 7) is 3.09. The lowest BCUT2D eigenvalue weighted by Crippen LogP contribution is -2.54. The minimum absolute atomic E-state index is 0.0374. The van der Waals surface area contributed by atoms with Crippen molar-refractivity contribution < 1.29 is 37.0 Å². The Bertz CT molecular complexity index is 1910. The van der Waals surface area contributed by atoms with Crippen molar-refractivity contribution in [3.63, 3.8) is 0 Å². The first-order chi connectivity index (χ1) is 24.4. The second kappa shape index (κ2) is 17.8. The smallest absolute Gasteiger partial charge is 0.265 e. The number of nitrogens with one attached hydrogen (secondary N) is 1. The molecule has 1 N–H and O–H groups in total. The molecule has 2 amide bonds. The third kappa shape index (κ3) is 9.65. The third-order valence-electron chi connectivity index (χ3n) is 8.39. The van der Waals surface area contributed by atoms with Gasteiger partial charge < -0.3 is 29.2 Å². The molecule has 0 aliphatic carbocycles. The highest BCUT2D eigenvalue weighted by molar-refractivity contribution is 7.92. The highest BCUT2D eigenvalue weighted by atomic mass is 35.5. The van der Waals surface area contributed by atoms with Crippen molar-refractivity contribution in [3.8, 4) is 23.0 Å². The topological polar surface area (TPSA) is 124 Å². The molecule has 4 rings (SSSR count). The van der Waals surface area contributed by atoms with Gasteiger partial charge in [0, 0.05) is 36.2 Å². The van der Waals surface area contributed by atoms with Crippen LogP contribution in [0.1, 0.15) is 31.4 Å². The first kappa shape index (κ1) is 38.9. The summed E-state index contributed by atoms with van der Waals surface area (Å²) in [4.78, 5) is 30.2. The first-order valence-electron chi connectivity index (χ1n) is 16.3. The number of anilines is 1. The van der Waals surface area contributed by atoms with Crippen molar-refractivity contribution >= 4 is 39.1 Å². The Balaban J connectivity index is 1.90. The Morgan fingerprint density at radius 1 is 0.784 bits per heavy atom. The Labute approximate surface area is 305 Å². The molecule has 272 valence electrons. The van der Waals surface area contributed by atoms with Gasteiger partial charge in [-0.1, -0.05) is 61.0 Å². The highest BCUT2D eigenvalue weighted by Crippen LogP contribution is 2.38. The normalized spacial score (nSPS) is 12.3. The van der Waals surface area contributed by atoms with Crippen LogP contribution in [0.4, 0.5) is 5.69 Å². The fourth-order valence-electron chi connectivity index (χ4n) is 5.44. The number of rotatable bonds is 17. The molecule has 0 bridgehead atoms. The van der Waals surface area contributed by atoms with Crippen LogP contribution in [0.3, 0.4) is 0 Å². The number of sulfonamides is 1. The molecule has 13 heteroatoms. The third-order valence-corrected chi connectivity index (χ3v) is 10.4. The zero-order valence-electron chi connectivity index (χ0n) is 29.6. The molecule has 51 heavy (non-hydrogen) atoms. The maximum Gasteiger partial charge on any atom is 0.265 e. The van der Waals surface area contributed by atoms with Crippen LogP contribution >= 0.6 is 11.6 Å². The van der Waals surface area contributed by atoms with Crippen molar-refractivity contribution in [3.05, 3.63) is 107 Å². The van der Waals surface area contributed by atoms with E-state index in [9.17, 15) is 18.0 Å². The van der Waals surface area contributed by atoms with Gasteiger partial charge in [-0.3, -0.25) is 13.9 Å². The van der Waals surface area contributed by atoms with Gasteiger partial charge in [-0.05, 0) is 60.9 Å². The van der Waals surface area contributed by atoms with Crippen LogP contribution in [-0.2, 0) is 32.6 Å². The second-order valence-electron chi connectivity index (χ2n) is 11.7. The molecule has 4 aromatic carbocycles. The number of methoxy groups -OCH3 is 4. The summed E-state index contributed by atoms with van der Waals surface area (Å²) in [5.41, 5.74) is 1.51. The Morgan fingerprint density at radius 3 is 2.08 bits per heavy atom. The zero-order valence-corrected chi connectivity index (χ0v) is 31.2. The van der Waals surface area contributed by atoms with E-state index in [2.05, 4.69) is 5.32 Å². The predicted octanol–water partition coefficient (Wildman–Crippen LogP) is 6.12. The molecule has 0 fully saturated rings. The molecule has 0 unspecified atom stereocenters. The second-order valence-corrected chi connectivity index (χ2v) is 14.0. The van der Waals surface area contributed by atoms with Crippen molar-refractivity contribution in [2.75, 3.05) is 39.3 Å². The van der Waals surface area contributed by atoms with Gasteiger partial charge in [0.25, 0.3) is 10.0 Å². The van der Waals surface area contributed by atoms with Gasteiger partial charge in [-0.2, -0.15) is 0 Å².